The summed E-state index contributed by atoms with van der Waals surface area (Å²) in [7, 11) is 1.04. The minimum Gasteiger partial charge on any atom is -0.459 e. The third kappa shape index (κ3) is 5.45. The summed E-state index contributed by atoms with van der Waals surface area (Å²) >= 11 is 0. The first-order valence-electron chi connectivity index (χ1n) is 3.08. The largest absolute Gasteiger partial charge is 0.510 e. The molecular weight excluding hydrogens is 171 g/mol. The van der Waals surface area contributed by atoms with Crippen molar-refractivity contribution in [2.75, 3.05) is 13.7 Å². The quantitative estimate of drug-likeness (QED) is 0.596. The van der Waals surface area contributed by atoms with Gasteiger partial charge in [-0.25, -0.2) is 4.79 Å². The number of alkyl halides is 1. The van der Waals surface area contributed by atoms with E-state index < -0.39 is 25.1 Å². The van der Waals surface area contributed by atoms with E-state index >= 15 is 0 Å². The summed E-state index contributed by atoms with van der Waals surface area (Å²) < 4.78 is 24.5. The van der Waals surface area contributed by atoms with Crippen LogP contribution in [0.25, 0.3) is 0 Å². The predicted octanol–water partition coefficient (Wildman–Crippen LogP) is 0.628. The lowest BCUT2D eigenvalue weighted by atomic mass is 10.7. The van der Waals surface area contributed by atoms with E-state index in [9.17, 15) is 14.0 Å². The molecule has 5 nitrogen and oxygen atoms in total. The maximum absolute atomic E-state index is 12.4. The second kappa shape index (κ2) is 5.34. The Bertz CT molecular complexity index is 169. The van der Waals surface area contributed by atoms with E-state index in [1.54, 1.807) is 0 Å². The topological polar surface area (TPSA) is 61.8 Å². The maximum atomic E-state index is 12.4. The highest BCUT2D eigenvalue weighted by atomic mass is 19.1. The Morgan fingerprint density at radius 3 is 2.50 bits per heavy atom. The fourth-order valence-electron chi connectivity index (χ4n) is 0.369. The van der Waals surface area contributed by atoms with Gasteiger partial charge in [-0.15, -0.1) is 0 Å². The van der Waals surface area contributed by atoms with Crippen molar-refractivity contribution in [2.45, 2.75) is 13.3 Å². The Kier molecular flexibility index (Phi) is 4.75. The molecule has 0 spiro atoms. The summed E-state index contributed by atoms with van der Waals surface area (Å²) in [6.45, 7) is 0.495. The zero-order chi connectivity index (χ0) is 9.56. The van der Waals surface area contributed by atoms with Gasteiger partial charge in [0.25, 0.3) is 6.36 Å². The summed E-state index contributed by atoms with van der Waals surface area (Å²) in [4.78, 5) is 20.4. The van der Waals surface area contributed by atoms with Gasteiger partial charge < -0.3 is 14.2 Å². The molecule has 1 unspecified atom stereocenters. The molecule has 0 aliphatic rings. The van der Waals surface area contributed by atoms with Gasteiger partial charge in [-0.05, 0) is 0 Å². The van der Waals surface area contributed by atoms with Gasteiger partial charge in [0.05, 0.1) is 7.11 Å². The Hall–Kier alpha value is -1.33. The van der Waals surface area contributed by atoms with Gasteiger partial charge in [-0.2, -0.15) is 4.39 Å². The molecular formula is C6H9FO5. The molecule has 0 saturated carbocycles. The Balaban J connectivity index is 3.52. The molecule has 0 aliphatic heterocycles. The second-order valence-corrected chi connectivity index (χ2v) is 1.78. The van der Waals surface area contributed by atoms with Crippen molar-refractivity contribution in [1.82, 2.24) is 0 Å². The third-order valence-electron chi connectivity index (χ3n) is 0.808. The minimum atomic E-state index is -1.98. The average molecular weight is 180 g/mol. The van der Waals surface area contributed by atoms with Gasteiger partial charge in [-0.3, -0.25) is 4.79 Å². The van der Waals surface area contributed by atoms with E-state index in [1.807, 2.05) is 0 Å². The summed E-state index contributed by atoms with van der Waals surface area (Å²) in [5.41, 5.74) is 0. The van der Waals surface area contributed by atoms with Gasteiger partial charge in [0.2, 0.25) is 0 Å². The van der Waals surface area contributed by atoms with Crippen LogP contribution in [0.1, 0.15) is 6.92 Å². The van der Waals surface area contributed by atoms with Crippen molar-refractivity contribution in [3.63, 3.8) is 0 Å². The minimum absolute atomic E-state index is 0.621. The SMILES string of the molecule is COC(=O)OC(F)COC(C)=O. The Morgan fingerprint density at radius 2 is 2.08 bits per heavy atom. The van der Waals surface area contributed by atoms with Crippen LogP contribution in [0.5, 0.6) is 0 Å². The Morgan fingerprint density at radius 1 is 1.50 bits per heavy atom. The van der Waals surface area contributed by atoms with Gasteiger partial charge in [0.15, 0.2) is 6.61 Å². The van der Waals surface area contributed by atoms with Crippen LogP contribution in [0.2, 0.25) is 0 Å². The van der Waals surface area contributed by atoms with Crippen molar-refractivity contribution in [1.29, 1.82) is 0 Å². The molecule has 12 heavy (non-hydrogen) atoms. The molecule has 0 N–H and O–H groups in total. The second-order valence-electron chi connectivity index (χ2n) is 1.78. The fourth-order valence-corrected chi connectivity index (χ4v) is 0.369. The number of carbonyl (C=O) groups is 2. The van der Waals surface area contributed by atoms with Gasteiger partial charge in [0, 0.05) is 6.92 Å². The average Bonchev–Trinajstić information content (AvgIpc) is 2.00. The number of rotatable bonds is 3. The van der Waals surface area contributed by atoms with Crippen LogP contribution in [0.15, 0.2) is 0 Å². The maximum Gasteiger partial charge on any atom is 0.510 e. The number of halogens is 1. The highest BCUT2D eigenvalue weighted by molar-refractivity contribution is 5.66. The van der Waals surface area contributed by atoms with Crippen molar-refractivity contribution < 1.29 is 28.2 Å². The van der Waals surface area contributed by atoms with E-state index in [2.05, 4.69) is 14.2 Å². The van der Waals surface area contributed by atoms with Crippen LogP contribution in [-0.4, -0.2) is 32.2 Å². The van der Waals surface area contributed by atoms with Gasteiger partial charge in [-0.1, -0.05) is 0 Å². The zero-order valence-electron chi connectivity index (χ0n) is 6.70. The molecule has 0 aromatic carbocycles. The number of methoxy groups -OCH3 is 1. The highest BCUT2D eigenvalue weighted by Crippen LogP contribution is 1.97. The number of hydrogen-bond donors (Lipinski definition) is 0. The fraction of sp³-hybridized carbons (Fsp3) is 0.667. The van der Waals surface area contributed by atoms with Gasteiger partial charge >= 0.3 is 12.1 Å². The van der Waals surface area contributed by atoms with E-state index in [4.69, 9.17) is 0 Å². The van der Waals surface area contributed by atoms with Crippen molar-refractivity contribution in [2.24, 2.45) is 0 Å². The normalized spacial score (nSPS) is 11.6. The number of esters is 1. The van der Waals surface area contributed by atoms with Crippen LogP contribution < -0.4 is 0 Å². The molecule has 0 heterocycles. The first kappa shape index (κ1) is 10.7. The van der Waals surface area contributed by atoms with E-state index in [1.165, 1.54) is 0 Å². The van der Waals surface area contributed by atoms with Gasteiger partial charge in [0.1, 0.15) is 0 Å². The zero-order valence-corrected chi connectivity index (χ0v) is 6.70. The van der Waals surface area contributed by atoms with E-state index in [0.29, 0.717) is 0 Å². The molecule has 1 atom stereocenters. The van der Waals surface area contributed by atoms with E-state index in [0.717, 1.165) is 14.0 Å². The lowest BCUT2D eigenvalue weighted by Crippen LogP contribution is -2.20. The molecule has 0 saturated heterocycles. The van der Waals surface area contributed by atoms with Crippen molar-refractivity contribution in [3.8, 4) is 0 Å². The lowest BCUT2D eigenvalue weighted by molar-refractivity contribution is -0.149. The number of carbonyl (C=O) groups excluding carboxylic acids is 2. The monoisotopic (exact) mass is 180 g/mol. The summed E-state index contributed by atoms with van der Waals surface area (Å²) in [5.74, 6) is -0.647. The molecule has 0 bridgehead atoms. The molecule has 0 amide bonds. The molecule has 70 valence electrons. The first-order chi connectivity index (χ1) is 5.56. The van der Waals surface area contributed by atoms with Crippen LogP contribution in [-0.2, 0) is 19.0 Å². The van der Waals surface area contributed by atoms with Crippen molar-refractivity contribution >= 4 is 12.1 Å². The van der Waals surface area contributed by atoms with E-state index in [-0.39, 0.29) is 0 Å². The lowest BCUT2D eigenvalue weighted by Gasteiger charge is -2.07. The molecule has 0 aliphatic carbocycles. The predicted molar refractivity (Wildman–Crippen MR) is 35.0 cm³/mol. The van der Waals surface area contributed by atoms with Crippen LogP contribution in [0, 0.1) is 0 Å². The molecule has 0 fully saturated rings. The number of hydrogen-bond acceptors (Lipinski definition) is 5. The molecule has 0 aromatic rings. The molecule has 0 radical (unpaired) electrons. The summed E-state index contributed by atoms with van der Waals surface area (Å²) in [5, 5.41) is 0. The Labute approximate surface area is 68.4 Å². The first-order valence-corrected chi connectivity index (χ1v) is 3.08. The smallest absolute Gasteiger partial charge is 0.459 e. The molecule has 6 heteroatoms. The standard InChI is InChI=1S/C6H9FO5/c1-4(8)11-3-5(7)12-6(9)10-2/h5H,3H2,1-2H3. The van der Waals surface area contributed by atoms with Crippen LogP contribution in [0.4, 0.5) is 9.18 Å². The third-order valence-corrected chi connectivity index (χ3v) is 0.808. The highest BCUT2D eigenvalue weighted by Gasteiger charge is 2.13. The molecule has 0 aromatic heterocycles. The van der Waals surface area contributed by atoms with Crippen LogP contribution in [0.3, 0.4) is 0 Å². The summed E-state index contributed by atoms with van der Waals surface area (Å²) in [6.07, 6.45) is -3.14. The number of ether oxygens (including phenoxy) is 3. The molecule has 0 rings (SSSR count). The van der Waals surface area contributed by atoms with Crippen molar-refractivity contribution in [3.05, 3.63) is 0 Å². The summed E-state index contributed by atoms with van der Waals surface area (Å²) in [6, 6.07) is 0. The van der Waals surface area contributed by atoms with Crippen LogP contribution >= 0.6 is 0 Å².